The average molecular weight is 345 g/mol. The molecule has 1 aromatic carbocycles. The summed E-state index contributed by atoms with van der Waals surface area (Å²) in [6, 6.07) is 13.1. The van der Waals surface area contributed by atoms with E-state index in [-0.39, 0.29) is 18.0 Å². The number of hydrogen-bond acceptors (Lipinski definition) is 6. The van der Waals surface area contributed by atoms with Crippen LogP contribution in [0.25, 0.3) is 5.65 Å². The second-order valence-electron chi connectivity index (χ2n) is 6.68. The van der Waals surface area contributed by atoms with Gasteiger partial charge in [-0.1, -0.05) is 0 Å². The summed E-state index contributed by atoms with van der Waals surface area (Å²) in [4.78, 5) is 17.0. The summed E-state index contributed by atoms with van der Waals surface area (Å²) in [6.07, 6.45) is 2.61. The van der Waals surface area contributed by atoms with Crippen molar-refractivity contribution in [3.63, 3.8) is 0 Å². The van der Waals surface area contributed by atoms with Crippen LogP contribution < -0.4 is 4.90 Å². The molecule has 3 fully saturated rings. The first-order valence-corrected chi connectivity index (χ1v) is 8.48. The predicted octanol–water partition coefficient (Wildman–Crippen LogP) is 1.10. The van der Waals surface area contributed by atoms with Gasteiger partial charge in [0.05, 0.1) is 23.7 Å². The van der Waals surface area contributed by atoms with Crippen molar-refractivity contribution in [3.8, 4) is 6.07 Å². The molecule has 2 unspecified atom stereocenters. The number of piperazine rings is 1. The number of piperidine rings is 1. The highest BCUT2D eigenvalue weighted by molar-refractivity contribution is 5.95. The fourth-order valence-corrected chi connectivity index (χ4v) is 3.85. The molecule has 3 saturated heterocycles. The lowest BCUT2D eigenvalue weighted by Gasteiger charge is -2.56. The van der Waals surface area contributed by atoms with E-state index in [4.69, 9.17) is 5.26 Å². The third-order valence-electron chi connectivity index (χ3n) is 5.16. The minimum absolute atomic E-state index is 0.0395. The van der Waals surface area contributed by atoms with Crippen LogP contribution >= 0.6 is 0 Å². The first-order valence-electron chi connectivity index (χ1n) is 8.48. The lowest BCUT2D eigenvalue weighted by atomic mass is 9.86. The number of carbonyl (C=O) groups is 1. The SMILES string of the molecule is N#Cc1ccc(C(=O)N2C3CC2CN(c2ccc4nncn4n2)C3)cc1. The second-order valence-corrected chi connectivity index (χ2v) is 6.68. The van der Waals surface area contributed by atoms with E-state index in [0.29, 0.717) is 16.8 Å². The maximum Gasteiger partial charge on any atom is 0.254 e. The summed E-state index contributed by atoms with van der Waals surface area (Å²) in [6.45, 7) is 1.53. The van der Waals surface area contributed by atoms with Crippen LogP contribution in [0.3, 0.4) is 0 Å². The number of rotatable bonds is 2. The molecule has 0 N–H and O–H groups in total. The van der Waals surface area contributed by atoms with Gasteiger partial charge in [-0.15, -0.1) is 15.3 Å². The number of benzene rings is 1. The maximum atomic E-state index is 12.8. The van der Waals surface area contributed by atoms with Crippen LogP contribution in [0.2, 0.25) is 0 Å². The van der Waals surface area contributed by atoms with E-state index >= 15 is 0 Å². The smallest absolute Gasteiger partial charge is 0.254 e. The Balaban J connectivity index is 1.33. The fraction of sp³-hybridized carbons (Fsp3) is 0.278. The Morgan fingerprint density at radius 3 is 2.62 bits per heavy atom. The summed E-state index contributed by atoms with van der Waals surface area (Å²) in [5, 5.41) is 21.3. The molecule has 0 saturated carbocycles. The molecule has 8 nitrogen and oxygen atoms in total. The molecule has 3 aliphatic rings. The molecule has 3 aliphatic heterocycles. The van der Waals surface area contributed by atoms with Crippen LogP contribution in [-0.4, -0.2) is 55.8 Å². The molecule has 0 radical (unpaired) electrons. The van der Waals surface area contributed by atoms with Gasteiger partial charge in [-0.3, -0.25) is 4.79 Å². The zero-order valence-corrected chi connectivity index (χ0v) is 13.9. The van der Waals surface area contributed by atoms with Crippen LogP contribution in [0, 0.1) is 11.3 Å². The molecular formula is C18H15N7O. The average Bonchev–Trinajstić information content (AvgIpc) is 3.16. The van der Waals surface area contributed by atoms with Crippen molar-refractivity contribution in [2.75, 3.05) is 18.0 Å². The van der Waals surface area contributed by atoms with Crippen LogP contribution in [0.4, 0.5) is 5.82 Å². The van der Waals surface area contributed by atoms with Crippen molar-refractivity contribution in [1.82, 2.24) is 24.7 Å². The number of hydrogen-bond donors (Lipinski definition) is 0. The first kappa shape index (κ1) is 14.8. The molecule has 2 bridgehead atoms. The summed E-state index contributed by atoms with van der Waals surface area (Å²) in [5.41, 5.74) is 1.91. The number of carbonyl (C=O) groups excluding carboxylic acids is 1. The molecule has 1 amide bonds. The van der Waals surface area contributed by atoms with Crippen molar-refractivity contribution in [2.24, 2.45) is 0 Å². The monoisotopic (exact) mass is 345 g/mol. The van der Waals surface area contributed by atoms with Crippen molar-refractivity contribution >= 4 is 17.4 Å². The normalized spacial score (nSPS) is 21.3. The van der Waals surface area contributed by atoms with E-state index in [0.717, 1.165) is 25.3 Å². The second kappa shape index (κ2) is 5.52. The molecule has 8 heteroatoms. The summed E-state index contributed by atoms with van der Waals surface area (Å²) < 4.78 is 1.66. The van der Waals surface area contributed by atoms with Gasteiger partial charge in [0.1, 0.15) is 12.1 Å². The molecule has 2 aromatic heterocycles. The van der Waals surface area contributed by atoms with E-state index in [1.807, 2.05) is 17.0 Å². The highest BCUT2D eigenvalue weighted by Crippen LogP contribution is 2.35. The van der Waals surface area contributed by atoms with Crippen molar-refractivity contribution in [3.05, 3.63) is 53.9 Å². The lowest BCUT2D eigenvalue weighted by Crippen LogP contribution is -2.70. The van der Waals surface area contributed by atoms with E-state index < -0.39 is 0 Å². The van der Waals surface area contributed by atoms with Crippen LogP contribution in [0.15, 0.2) is 42.7 Å². The highest BCUT2D eigenvalue weighted by Gasteiger charge is 2.47. The summed E-state index contributed by atoms with van der Waals surface area (Å²) >= 11 is 0. The lowest BCUT2D eigenvalue weighted by molar-refractivity contribution is 0.00573. The van der Waals surface area contributed by atoms with Gasteiger partial charge in [0, 0.05) is 18.7 Å². The van der Waals surface area contributed by atoms with E-state index in [9.17, 15) is 4.79 Å². The van der Waals surface area contributed by atoms with Gasteiger partial charge in [-0.25, -0.2) is 0 Å². The quantitative estimate of drug-likeness (QED) is 0.691. The Bertz CT molecular complexity index is 1020. The Kier molecular flexibility index (Phi) is 3.15. The molecular weight excluding hydrogens is 330 g/mol. The van der Waals surface area contributed by atoms with Gasteiger partial charge in [0.2, 0.25) is 0 Å². The zero-order valence-electron chi connectivity index (χ0n) is 13.9. The number of anilines is 1. The van der Waals surface area contributed by atoms with E-state index in [2.05, 4.69) is 26.3 Å². The third kappa shape index (κ3) is 2.21. The minimum Gasteiger partial charge on any atom is -0.351 e. The molecule has 3 aromatic rings. The molecule has 5 heterocycles. The Hall–Kier alpha value is -3.47. The number of nitriles is 1. The van der Waals surface area contributed by atoms with Gasteiger partial charge in [0.25, 0.3) is 5.91 Å². The van der Waals surface area contributed by atoms with Crippen molar-refractivity contribution in [2.45, 2.75) is 18.5 Å². The summed E-state index contributed by atoms with van der Waals surface area (Å²) in [7, 11) is 0. The Morgan fingerprint density at radius 1 is 1.12 bits per heavy atom. The van der Waals surface area contributed by atoms with E-state index in [1.54, 1.807) is 35.1 Å². The predicted molar refractivity (Wildman–Crippen MR) is 92.5 cm³/mol. The topological polar surface area (TPSA) is 90.4 Å². The van der Waals surface area contributed by atoms with Crippen LogP contribution in [0.1, 0.15) is 22.3 Å². The van der Waals surface area contributed by atoms with Gasteiger partial charge in [-0.2, -0.15) is 9.78 Å². The zero-order chi connectivity index (χ0) is 17.7. The van der Waals surface area contributed by atoms with Crippen molar-refractivity contribution in [1.29, 1.82) is 5.26 Å². The number of nitrogens with zero attached hydrogens (tertiary/aromatic N) is 7. The highest BCUT2D eigenvalue weighted by atomic mass is 16.2. The molecule has 6 rings (SSSR count). The number of aromatic nitrogens is 4. The van der Waals surface area contributed by atoms with E-state index in [1.165, 1.54) is 0 Å². The maximum absolute atomic E-state index is 12.8. The standard InChI is InChI=1S/C18H15N7O/c19-8-12-1-3-13(4-2-12)18(26)25-14-7-15(25)10-23(9-14)17-6-5-16-21-20-11-24(16)22-17/h1-6,11,14-15H,7,9-10H2. The molecule has 2 atom stereocenters. The van der Waals surface area contributed by atoms with Gasteiger partial charge < -0.3 is 9.80 Å². The summed E-state index contributed by atoms with van der Waals surface area (Å²) in [5.74, 6) is 0.912. The molecule has 128 valence electrons. The number of fused-ring (bicyclic) bond motifs is 3. The van der Waals surface area contributed by atoms with Crippen LogP contribution in [0.5, 0.6) is 0 Å². The third-order valence-corrected chi connectivity index (χ3v) is 5.16. The molecule has 0 aliphatic carbocycles. The van der Waals surface area contributed by atoms with Gasteiger partial charge in [-0.05, 0) is 42.8 Å². The van der Waals surface area contributed by atoms with Crippen molar-refractivity contribution < 1.29 is 4.79 Å². The number of amides is 1. The minimum atomic E-state index is 0.0395. The van der Waals surface area contributed by atoms with Gasteiger partial charge >= 0.3 is 0 Å². The molecule has 26 heavy (non-hydrogen) atoms. The Morgan fingerprint density at radius 2 is 1.88 bits per heavy atom. The van der Waals surface area contributed by atoms with Crippen LogP contribution in [-0.2, 0) is 0 Å². The fourth-order valence-electron chi connectivity index (χ4n) is 3.85. The largest absolute Gasteiger partial charge is 0.351 e. The molecule has 0 spiro atoms. The Labute approximate surface area is 149 Å². The van der Waals surface area contributed by atoms with Gasteiger partial charge in [0.15, 0.2) is 5.65 Å². The first-order chi connectivity index (χ1) is 12.7.